The van der Waals surface area contributed by atoms with Gasteiger partial charge in [-0.15, -0.1) is 0 Å². The minimum atomic E-state index is -0.353. The van der Waals surface area contributed by atoms with Crippen molar-refractivity contribution in [2.75, 3.05) is 32.1 Å². The van der Waals surface area contributed by atoms with E-state index in [-0.39, 0.29) is 12.1 Å². The Morgan fingerprint density at radius 2 is 2.20 bits per heavy atom. The van der Waals surface area contributed by atoms with Crippen molar-refractivity contribution in [1.82, 2.24) is 9.88 Å². The van der Waals surface area contributed by atoms with Crippen LogP contribution in [0.4, 0.5) is 5.82 Å². The first-order chi connectivity index (χ1) is 9.42. The van der Waals surface area contributed by atoms with E-state index in [4.69, 9.17) is 0 Å². The maximum Gasteiger partial charge on any atom is 0.147 e. The number of β-amino-alcohol motifs (C(OH)–C–C–N with tert-alkyl or cyclic N) is 1. The number of aromatic nitrogens is 1. The van der Waals surface area contributed by atoms with Gasteiger partial charge in [0, 0.05) is 24.8 Å². The molecule has 1 N–H and O–H groups in total. The molecule has 108 valence electrons. The largest absolute Gasteiger partial charge is 0.391 e. The number of anilines is 1. The van der Waals surface area contributed by atoms with Crippen molar-refractivity contribution in [3.63, 3.8) is 0 Å². The number of nitrogens with zero attached hydrogens (tertiary/aromatic N) is 4. The van der Waals surface area contributed by atoms with Gasteiger partial charge in [-0.05, 0) is 46.0 Å². The maximum absolute atomic E-state index is 9.98. The topological polar surface area (TPSA) is 63.4 Å². The fraction of sp³-hybridized carbons (Fsp3) is 0.600. The van der Waals surface area contributed by atoms with Gasteiger partial charge in [0.05, 0.1) is 11.7 Å². The number of nitriles is 1. The first-order valence-electron chi connectivity index (χ1n) is 6.90. The second-order valence-corrected chi connectivity index (χ2v) is 5.85. The van der Waals surface area contributed by atoms with Gasteiger partial charge >= 0.3 is 0 Å². The molecule has 20 heavy (non-hydrogen) atoms. The summed E-state index contributed by atoms with van der Waals surface area (Å²) in [6.07, 6.45) is 0.367. The quantitative estimate of drug-likeness (QED) is 0.893. The number of aliphatic hydroxyl groups excluding tert-OH is 1. The maximum atomic E-state index is 9.98. The Hall–Kier alpha value is -1.64. The predicted octanol–water partition coefficient (Wildman–Crippen LogP) is 1.07. The highest BCUT2D eigenvalue weighted by Gasteiger charge is 2.33. The van der Waals surface area contributed by atoms with Crippen molar-refractivity contribution in [2.45, 2.75) is 32.4 Å². The van der Waals surface area contributed by atoms with Crippen LogP contribution < -0.4 is 4.90 Å². The van der Waals surface area contributed by atoms with E-state index in [2.05, 4.69) is 20.9 Å². The van der Waals surface area contributed by atoms with E-state index < -0.39 is 0 Å². The summed E-state index contributed by atoms with van der Waals surface area (Å²) < 4.78 is 0. The van der Waals surface area contributed by atoms with Crippen LogP contribution in [0.25, 0.3) is 0 Å². The van der Waals surface area contributed by atoms with Gasteiger partial charge in [-0.3, -0.25) is 0 Å². The molecule has 1 aliphatic rings. The lowest BCUT2D eigenvalue weighted by molar-refractivity contribution is 0.191. The van der Waals surface area contributed by atoms with E-state index in [1.807, 2.05) is 34.0 Å². The Morgan fingerprint density at radius 3 is 2.80 bits per heavy atom. The van der Waals surface area contributed by atoms with Crippen LogP contribution in [-0.4, -0.2) is 54.3 Å². The minimum absolute atomic E-state index is 0.195. The lowest BCUT2D eigenvalue weighted by Crippen LogP contribution is -2.38. The molecule has 2 unspecified atom stereocenters. The van der Waals surface area contributed by atoms with E-state index in [1.165, 1.54) is 0 Å². The fourth-order valence-electron chi connectivity index (χ4n) is 2.91. The normalized spacial score (nSPS) is 22.4. The van der Waals surface area contributed by atoms with E-state index in [1.54, 1.807) is 0 Å². The second kappa shape index (κ2) is 5.78. The molecule has 0 amide bonds. The Bertz CT molecular complexity index is 535. The summed E-state index contributed by atoms with van der Waals surface area (Å²) in [7, 11) is 4.03. The molecule has 0 spiro atoms. The summed E-state index contributed by atoms with van der Waals surface area (Å²) in [6, 6.07) is 4.38. The van der Waals surface area contributed by atoms with Crippen LogP contribution in [0.1, 0.15) is 23.2 Å². The molecule has 0 bridgehead atoms. The number of aryl methyl sites for hydroxylation is 2. The van der Waals surface area contributed by atoms with Gasteiger partial charge in [-0.25, -0.2) is 4.98 Å². The summed E-state index contributed by atoms with van der Waals surface area (Å²) in [5.41, 5.74) is 2.47. The third-order valence-corrected chi connectivity index (χ3v) is 3.68. The zero-order valence-electron chi connectivity index (χ0n) is 12.6. The van der Waals surface area contributed by atoms with Crippen molar-refractivity contribution in [1.29, 1.82) is 5.26 Å². The van der Waals surface area contributed by atoms with Crippen molar-refractivity contribution in [3.8, 4) is 6.07 Å². The molecule has 0 aromatic carbocycles. The molecule has 2 atom stereocenters. The van der Waals surface area contributed by atoms with Crippen LogP contribution in [-0.2, 0) is 0 Å². The van der Waals surface area contributed by atoms with Crippen LogP contribution in [0.3, 0.4) is 0 Å². The number of aliphatic hydroxyl groups is 1. The first kappa shape index (κ1) is 14.8. The molecule has 1 saturated heterocycles. The molecule has 1 aromatic rings. The van der Waals surface area contributed by atoms with Crippen molar-refractivity contribution < 1.29 is 5.11 Å². The van der Waals surface area contributed by atoms with Crippen LogP contribution in [0.2, 0.25) is 0 Å². The highest BCUT2D eigenvalue weighted by molar-refractivity contribution is 5.59. The van der Waals surface area contributed by atoms with Crippen molar-refractivity contribution in [2.24, 2.45) is 0 Å². The summed E-state index contributed by atoms with van der Waals surface area (Å²) in [5.74, 6) is 0.716. The van der Waals surface area contributed by atoms with Gasteiger partial charge in [0.1, 0.15) is 11.9 Å². The van der Waals surface area contributed by atoms with E-state index in [9.17, 15) is 10.4 Å². The van der Waals surface area contributed by atoms with Crippen LogP contribution >= 0.6 is 0 Å². The zero-order chi connectivity index (χ0) is 14.9. The molecule has 1 fully saturated rings. The van der Waals surface area contributed by atoms with Gasteiger partial charge in [-0.2, -0.15) is 5.26 Å². The van der Waals surface area contributed by atoms with E-state index >= 15 is 0 Å². The molecule has 0 aliphatic carbocycles. The molecular formula is C15H22N4O. The number of hydrogen-bond donors (Lipinski definition) is 1. The molecule has 1 aromatic heterocycles. The fourth-order valence-corrected chi connectivity index (χ4v) is 2.91. The van der Waals surface area contributed by atoms with Crippen LogP contribution in [0.15, 0.2) is 6.07 Å². The summed E-state index contributed by atoms with van der Waals surface area (Å²) in [6.45, 7) is 5.26. The average Bonchev–Trinajstić information content (AvgIpc) is 2.68. The molecule has 5 nitrogen and oxygen atoms in total. The van der Waals surface area contributed by atoms with E-state index in [0.717, 1.165) is 24.2 Å². The number of pyridine rings is 1. The molecular weight excluding hydrogens is 252 g/mol. The van der Waals surface area contributed by atoms with Gasteiger partial charge in [0.2, 0.25) is 0 Å². The molecule has 2 rings (SSSR count). The van der Waals surface area contributed by atoms with Gasteiger partial charge in [0.15, 0.2) is 0 Å². The highest BCUT2D eigenvalue weighted by atomic mass is 16.3. The van der Waals surface area contributed by atoms with E-state index in [0.29, 0.717) is 17.9 Å². The molecule has 5 heteroatoms. The SMILES string of the molecule is Cc1cc(C)c(C#N)c(N2CC(O)CC2CN(C)C)n1. The number of likely N-dealkylation sites (N-methyl/N-ethyl adjacent to an activating group) is 1. The summed E-state index contributed by atoms with van der Waals surface area (Å²) >= 11 is 0. The Morgan fingerprint density at radius 1 is 1.50 bits per heavy atom. The van der Waals surface area contributed by atoms with Crippen molar-refractivity contribution >= 4 is 5.82 Å². The Labute approximate surface area is 120 Å². The van der Waals surface area contributed by atoms with Crippen LogP contribution in [0.5, 0.6) is 0 Å². The number of rotatable bonds is 3. The minimum Gasteiger partial charge on any atom is -0.391 e. The van der Waals surface area contributed by atoms with Gasteiger partial charge in [0.25, 0.3) is 0 Å². The third kappa shape index (κ3) is 2.92. The lowest BCUT2D eigenvalue weighted by atomic mass is 10.1. The predicted molar refractivity (Wildman–Crippen MR) is 78.7 cm³/mol. The highest BCUT2D eigenvalue weighted by Crippen LogP contribution is 2.29. The lowest BCUT2D eigenvalue weighted by Gasteiger charge is -2.29. The van der Waals surface area contributed by atoms with Crippen LogP contribution in [0, 0.1) is 25.2 Å². The summed E-state index contributed by atoms with van der Waals surface area (Å²) in [5, 5.41) is 19.4. The second-order valence-electron chi connectivity index (χ2n) is 5.85. The molecule has 1 aliphatic heterocycles. The standard InChI is InChI=1S/C15H22N4O/c1-10-5-11(2)17-15(14(10)7-16)19-9-13(20)6-12(19)8-18(3)4/h5,12-13,20H,6,8-9H2,1-4H3. The first-order valence-corrected chi connectivity index (χ1v) is 6.90. The Balaban J connectivity index is 2.41. The van der Waals surface area contributed by atoms with Crippen molar-refractivity contribution in [3.05, 3.63) is 22.9 Å². The molecule has 2 heterocycles. The monoisotopic (exact) mass is 274 g/mol. The van der Waals surface area contributed by atoms with Gasteiger partial charge < -0.3 is 14.9 Å². The summed E-state index contributed by atoms with van der Waals surface area (Å²) in [4.78, 5) is 8.74. The molecule has 0 radical (unpaired) electrons. The smallest absolute Gasteiger partial charge is 0.147 e. The zero-order valence-corrected chi connectivity index (χ0v) is 12.6. The number of hydrogen-bond acceptors (Lipinski definition) is 5. The molecule has 0 saturated carbocycles. The van der Waals surface area contributed by atoms with Gasteiger partial charge in [-0.1, -0.05) is 0 Å². The Kier molecular flexibility index (Phi) is 4.26. The third-order valence-electron chi connectivity index (χ3n) is 3.68. The average molecular weight is 274 g/mol.